The van der Waals surface area contributed by atoms with Crippen molar-refractivity contribution in [2.45, 2.75) is 72.2 Å². The third-order valence-electron chi connectivity index (χ3n) is 11.2. The molecule has 3 heterocycles. The summed E-state index contributed by atoms with van der Waals surface area (Å²) in [4.78, 5) is 67.5. The van der Waals surface area contributed by atoms with Crippen LogP contribution in [-0.4, -0.2) is 49.0 Å². The first-order valence-corrected chi connectivity index (χ1v) is 14.4. The number of ketones is 1. The second-order valence-electron chi connectivity index (χ2n) is 13.0. The molecule has 3 unspecified atom stereocenters. The number of hydrogen-bond donors (Lipinski definition) is 0. The quantitative estimate of drug-likeness (QED) is 0.222. The standard InChI is InChI=1S/C32H36O10/c1-7-15(2)27(35)42-26-18-12-17-19(8-10-30(3)20(17)13-21(33)40-25(30)16-9-11-39-14-16)31(4,24(18)34)23-22(28(36)38-6)41-29(37)32(23,26)5/h7,9,11-12,14,18-20,22-23,25-26H,8,10,13H2,1-6H3/b15-7+/t18-,19+,20?,22-,23?,25+,26-,30-,31-,32?/m1/s1. The van der Waals surface area contributed by atoms with E-state index >= 15 is 0 Å². The molecule has 224 valence electrons. The number of methoxy groups -OCH3 is 1. The molecular formula is C32H36O10. The van der Waals surface area contributed by atoms with E-state index in [1.165, 1.54) is 7.11 Å². The van der Waals surface area contributed by atoms with E-state index in [1.54, 1.807) is 52.4 Å². The lowest BCUT2D eigenvalue weighted by Crippen LogP contribution is -2.68. The Morgan fingerprint density at radius 2 is 1.81 bits per heavy atom. The minimum Gasteiger partial charge on any atom is -0.472 e. The molecule has 0 aromatic carbocycles. The monoisotopic (exact) mass is 580 g/mol. The fraction of sp³-hybridized carbons (Fsp3) is 0.594. The van der Waals surface area contributed by atoms with Crippen LogP contribution in [0, 0.1) is 39.9 Å². The van der Waals surface area contributed by atoms with Gasteiger partial charge in [-0.25, -0.2) is 9.59 Å². The number of ether oxygens (including phenoxy) is 4. The van der Waals surface area contributed by atoms with Gasteiger partial charge in [0.25, 0.3) is 0 Å². The first kappa shape index (κ1) is 28.4. The number of fused-ring (bicyclic) bond motifs is 8. The highest BCUT2D eigenvalue weighted by molar-refractivity contribution is 6.00. The van der Waals surface area contributed by atoms with Gasteiger partial charge in [0.15, 0.2) is 0 Å². The Labute approximate surface area is 243 Å². The normalized spacial score (nSPS) is 42.3. The van der Waals surface area contributed by atoms with Crippen LogP contribution in [0.3, 0.4) is 0 Å². The lowest BCUT2D eigenvalue weighted by atomic mass is 9.40. The molecule has 1 aromatic heterocycles. The van der Waals surface area contributed by atoms with Crippen LogP contribution in [0.2, 0.25) is 0 Å². The molecule has 6 rings (SSSR count). The largest absolute Gasteiger partial charge is 0.472 e. The van der Waals surface area contributed by atoms with Gasteiger partial charge in [0, 0.05) is 27.9 Å². The zero-order chi connectivity index (χ0) is 30.4. The Balaban J connectivity index is 1.54. The summed E-state index contributed by atoms with van der Waals surface area (Å²) in [6, 6.07) is 1.79. The van der Waals surface area contributed by atoms with Crippen LogP contribution in [0.5, 0.6) is 0 Å². The third-order valence-corrected chi connectivity index (χ3v) is 11.2. The molecule has 2 saturated carbocycles. The van der Waals surface area contributed by atoms with E-state index in [-0.39, 0.29) is 30.0 Å². The summed E-state index contributed by atoms with van der Waals surface area (Å²) in [6.07, 6.45) is 4.71. The molecule has 0 spiro atoms. The number of carbonyl (C=O) groups excluding carboxylic acids is 5. The molecule has 10 heteroatoms. The first-order chi connectivity index (χ1) is 19.8. The second-order valence-corrected chi connectivity index (χ2v) is 13.0. The van der Waals surface area contributed by atoms with Gasteiger partial charge in [-0.05, 0) is 51.5 Å². The molecule has 10 nitrogen and oxygen atoms in total. The maximum Gasteiger partial charge on any atom is 0.347 e. The number of esters is 4. The maximum absolute atomic E-state index is 14.5. The van der Waals surface area contributed by atoms with Gasteiger partial charge >= 0.3 is 23.9 Å². The highest BCUT2D eigenvalue weighted by Crippen LogP contribution is 2.69. The van der Waals surface area contributed by atoms with E-state index in [0.29, 0.717) is 18.4 Å². The average molecular weight is 581 g/mol. The van der Waals surface area contributed by atoms with Crippen molar-refractivity contribution >= 4 is 29.7 Å². The molecule has 0 amide bonds. The van der Waals surface area contributed by atoms with E-state index in [4.69, 9.17) is 23.4 Å². The van der Waals surface area contributed by atoms with E-state index in [0.717, 1.165) is 11.1 Å². The minimum absolute atomic E-state index is 0.115. The van der Waals surface area contributed by atoms with Crippen LogP contribution < -0.4 is 0 Å². The number of carbonyl (C=O) groups is 5. The van der Waals surface area contributed by atoms with Crippen molar-refractivity contribution in [1.82, 2.24) is 0 Å². The van der Waals surface area contributed by atoms with Gasteiger partial charge < -0.3 is 23.4 Å². The molecule has 0 radical (unpaired) electrons. The Kier molecular flexibility index (Phi) is 6.37. The number of allylic oxidation sites excluding steroid dienone is 2. The van der Waals surface area contributed by atoms with Gasteiger partial charge in [-0.3, -0.25) is 14.4 Å². The SMILES string of the molecule is C/C=C(\C)C(=O)O[C@@H]1[C@@H]2C=C3C4CC(=O)O[C@@H](c5ccoc5)[C@]4(C)CC[C@@H]3[C@@](C)(C2=O)C2[C@H](C(=O)OC)OC(=O)C21C. The van der Waals surface area contributed by atoms with Crippen molar-refractivity contribution in [2.24, 2.45) is 39.9 Å². The molecule has 4 fully saturated rings. The summed E-state index contributed by atoms with van der Waals surface area (Å²) in [5.74, 6) is -5.32. The van der Waals surface area contributed by atoms with Crippen LogP contribution in [0.15, 0.2) is 46.3 Å². The van der Waals surface area contributed by atoms with Gasteiger partial charge in [-0.2, -0.15) is 0 Å². The summed E-state index contributed by atoms with van der Waals surface area (Å²) >= 11 is 0. The summed E-state index contributed by atoms with van der Waals surface area (Å²) in [6.45, 7) is 8.79. The Bertz CT molecular complexity index is 1440. The lowest BCUT2D eigenvalue weighted by molar-refractivity contribution is -0.193. The second kappa shape index (κ2) is 9.41. The maximum atomic E-state index is 14.5. The van der Waals surface area contributed by atoms with E-state index < -0.39 is 64.3 Å². The van der Waals surface area contributed by atoms with Crippen LogP contribution in [0.4, 0.5) is 0 Å². The predicted molar refractivity (Wildman–Crippen MR) is 144 cm³/mol. The van der Waals surface area contributed by atoms with Crippen LogP contribution in [0.1, 0.15) is 65.5 Å². The molecule has 1 aromatic rings. The summed E-state index contributed by atoms with van der Waals surface area (Å²) in [5.41, 5.74) is -1.27. The van der Waals surface area contributed by atoms with Crippen LogP contribution in [0.25, 0.3) is 0 Å². The highest BCUT2D eigenvalue weighted by Gasteiger charge is 2.77. The first-order valence-electron chi connectivity index (χ1n) is 14.4. The molecular weight excluding hydrogens is 544 g/mol. The molecule has 5 aliphatic rings. The molecule has 2 aliphatic heterocycles. The predicted octanol–water partition coefficient (Wildman–Crippen LogP) is 4.04. The van der Waals surface area contributed by atoms with Crippen molar-refractivity contribution < 1.29 is 47.3 Å². The molecule has 3 aliphatic carbocycles. The molecule has 0 N–H and O–H groups in total. The number of cyclic esters (lactones) is 2. The van der Waals surface area contributed by atoms with Gasteiger partial charge in [0.1, 0.15) is 23.4 Å². The number of hydrogen-bond acceptors (Lipinski definition) is 10. The van der Waals surface area contributed by atoms with Crippen molar-refractivity contribution in [1.29, 1.82) is 0 Å². The molecule has 42 heavy (non-hydrogen) atoms. The lowest BCUT2D eigenvalue weighted by Gasteiger charge is -2.62. The fourth-order valence-electron chi connectivity index (χ4n) is 8.90. The minimum atomic E-state index is -1.50. The van der Waals surface area contributed by atoms with E-state index in [2.05, 4.69) is 6.92 Å². The van der Waals surface area contributed by atoms with Gasteiger partial charge in [0.2, 0.25) is 6.10 Å². The summed E-state index contributed by atoms with van der Waals surface area (Å²) < 4.78 is 28.0. The van der Waals surface area contributed by atoms with Gasteiger partial charge in [0.05, 0.1) is 32.0 Å². The zero-order valence-corrected chi connectivity index (χ0v) is 24.6. The van der Waals surface area contributed by atoms with Crippen LogP contribution >= 0.6 is 0 Å². The molecule has 2 saturated heterocycles. The van der Waals surface area contributed by atoms with Crippen molar-refractivity contribution in [2.75, 3.05) is 7.11 Å². The van der Waals surface area contributed by atoms with Crippen molar-refractivity contribution in [3.05, 3.63) is 47.5 Å². The van der Waals surface area contributed by atoms with Gasteiger partial charge in [-0.15, -0.1) is 0 Å². The number of Topliss-reactive ketones (excluding diaryl/α,β-unsaturated/α-hetero) is 1. The Morgan fingerprint density at radius 1 is 1.07 bits per heavy atom. The summed E-state index contributed by atoms with van der Waals surface area (Å²) in [5, 5.41) is 0. The third kappa shape index (κ3) is 3.53. The fourth-order valence-corrected chi connectivity index (χ4v) is 8.90. The van der Waals surface area contributed by atoms with E-state index in [1.807, 2.05) is 6.08 Å². The topological polar surface area (TPSA) is 135 Å². The number of rotatable bonds is 4. The van der Waals surface area contributed by atoms with E-state index in [9.17, 15) is 24.0 Å². The van der Waals surface area contributed by atoms with Crippen molar-refractivity contribution in [3.63, 3.8) is 0 Å². The smallest absolute Gasteiger partial charge is 0.347 e. The molecule has 2 bridgehead atoms. The van der Waals surface area contributed by atoms with Crippen LogP contribution in [-0.2, 0) is 42.9 Å². The van der Waals surface area contributed by atoms with Crippen molar-refractivity contribution in [3.8, 4) is 0 Å². The Hall–Kier alpha value is -3.69. The Morgan fingerprint density at radius 3 is 2.45 bits per heavy atom. The average Bonchev–Trinajstić information content (AvgIpc) is 3.59. The zero-order valence-electron chi connectivity index (χ0n) is 24.6. The highest BCUT2D eigenvalue weighted by atomic mass is 16.6. The van der Waals surface area contributed by atoms with Gasteiger partial charge in [-0.1, -0.05) is 31.6 Å². The number of furan rings is 1. The molecule has 10 atom stereocenters. The summed E-state index contributed by atoms with van der Waals surface area (Å²) in [7, 11) is 1.20.